The lowest BCUT2D eigenvalue weighted by molar-refractivity contribution is 0.0588. The van der Waals surface area contributed by atoms with Crippen LogP contribution in [0.25, 0.3) is 21.9 Å². The molecule has 4 rings (SSSR count). The Hall–Kier alpha value is -3.71. The highest BCUT2D eigenvalue weighted by atomic mass is 79.9. The number of methoxy groups -OCH3 is 1. The average molecular weight is 491 g/mol. The molecule has 0 aliphatic rings. The Morgan fingerprint density at radius 1 is 0.969 bits per heavy atom. The van der Waals surface area contributed by atoms with Gasteiger partial charge in [0.15, 0.2) is 0 Å². The van der Waals surface area contributed by atoms with E-state index in [1.807, 2.05) is 36.4 Å². The van der Waals surface area contributed by atoms with E-state index in [0.29, 0.717) is 21.9 Å². The summed E-state index contributed by atoms with van der Waals surface area (Å²) in [6.45, 7) is 0.119. The number of hydrogen-bond donors (Lipinski definition) is 1. The number of ether oxygens (including phenoxy) is 1. The number of rotatable bonds is 5. The number of pyridine rings is 1. The topological polar surface area (TPSA) is 91.4 Å². The summed E-state index contributed by atoms with van der Waals surface area (Å²) in [5.41, 5.74) is 7.67. The molecule has 1 amide bonds. The molecule has 1 heterocycles. The van der Waals surface area contributed by atoms with E-state index in [0.717, 1.165) is 15.6 Å². The van der Waals surface area contributed by atoms with E-state index in [-0.39, 0.29) is 17.8 Å². The molecule has 0 spiro atoms. The number of esters is 1. The fourth-order valence-electron chi connectivity index (χ4n) is 3.73. The average Bonchev–Trinajstić information content (AvgIpc) is 2.80. The van der Waals surface area contributed by atoms with Crippen LogP contribution < -0.4 is 11.3 Å². The zero-order chi connectivity index (χ0) is 22.8. The van der Waals surface area contributed by atoms with Crippen molar-refractivity contribution in [3.63, 3.8) is 0 Å². The maximum Gasteiger partial charge on any atom is 0.355 e. The molecule has 0 aliphatic heterocycles. The molecule has 32 heavy (non-hydrogen) atoms. The van der Waals surface area contributed by atoms with Crippen LogP contribution in [0.3, 0.4) is 0 Å². The first-order valence-corrected chi connectivity index (χ1v) is 10.6. The molecule has 0 radical (unpaired) electrons. The Balaban J connectivity index is 2.05. The Morgan fingerprint density at radius 3 is 2.28 bits per heavy atom. The van der Waals surface area contributed by atoms with Gasteiger partial charge in [-0.05, 0) is 46.8 Å². The van der Waals surface area contributed by atoms with Gasteiger partial charge < -0.3 is 10.5 Å². The van der Waals surface area contributed by atoms with E-state index in [2.05, 4.69) is 15.9 Å². The maximum atomic E-state index is 13.5. The fraction of sp³-hybridized carbons (Fsp3) is 0.0800. The van der Waals surface area contributed by atoms with Gasteiger partial charge in [0, 0.05) is 21.0 Å². The Kier molecular flexibility index (Phi) is 5.92. The first-order valence-electron chi connectivity index (χ1n) is 9.79. The summed E-state index contributed by atoms with van der Waals surface area (Å²) < 4.78 is 7.30. The van der Waals surface area contributed by atoms with Crippen molar-refractivity contribution >= 4 is 38.6 Å². The van der Waals surface area contributed by atoms with Crippen LogP contribution in [-0.2, 0) is 11.3 Å². The van der Waals surface area contributed by atoms with Crippen molar-refractivity contribution in [2.24, 2.45) is 5.73 Å². The Morgan fingerprint density at radius 2 is 1.66 bits per heavy atom. The molecule has 0 saturated carbocycles. The number of amides is 1. The Labute approximate surface area is 192 Å². The number of primary amides is 1. The summed E-state index contributed by atoms with van der Waals surface area (Å²) >= 11 is 3.47. The molecule has 1 aromatic heterocycles. The fourth-order valence-corrected chi connectivity index (χ4v) is 4.09. The first kappa shape index (κ1) is 21.5. The number of carbonyl (C=O) groups excluding carboxylic acids is 2. The molecule has 3 aromatic carbocycles. The van der Waals surface area contributed by atoms with Crippen molar-refractivity contribution in [3.05, 3.63) is 104 Å². The van der Waals surface area contributed by atoms with Gasteiger partial charge in [-0.2, -0.15) is 0 Å². The molecular formula is C25H19BrN2O4. The van der Waals surface area contributed by atoms with Gasteiger partial charge in [0.05, 0.1) is 13.7 Å². The van der Waals surface area contributed by atoms with E-state index in [1.165, 1.54) is 11.7 Å². The summed E-state index contributed by atoms with van der Waals surface area (Å²) in [6.07, 6.45) is 0. The maximum absolute atomic E-state index is 13.5. The third-order valence-corrected chi connectivity index (χ3v) is 5.75. The normalized spacial score (nSPS) is 10.8. The van der Waals surface area contributed by atoms with Gasteiger partial charge in [0.1, 0.15) is 5.69 Å². The van der Waals surface area contributed by atoms with E-state index in [9.17, 15) is 14.4 Å². The molecule has 0 fully saturated rings. The highest BCUT2D eigenvalue weighted by molar-refractivity contribution is 9.10. The molecule has 0 unspecified atom stereocenters. The van der Waals surface area contributed by atoms with Gasteiger partial charge >= 0.3 is 5.97 Å². The number of hydrogen-bond acceptors (Lipinski definition) is 4. The largest absolute Gasteiger partial charge is 0.464 e. The number of carbonyl (C=O) groups is 2. The molecule has 7 heteroatoms. The summed E-state index contributed by atoms with van der Waals surface area (Å²) in [4.78, 5) is 37.9. The number of nitrogens with two attached hydrogens (primary N) is 1. The lowest BCUT2D eigenvalue weighted by Gasteiger charge is -2.19. The van der Waals surface area contributed by atoms with E-state index < -0.39 is 11.9 Å². The van der Waals surface area contributed by atoms with Crippen LogP contribution in [-0.4, -0.2) is 23.6 Å². The molecule has 0 atom stereocenters. The minimum Gasteiger partial charge on any atom is -0.464 e. The predicted molar refractivity (Wildman–Crippen MR) is 127 cm³/mol. The molecule has 160 valence electrons. The van der Waals surface area contributed by atoms with Crippen LogP contribution in [0.2, 0.25) is 0 Å². The lowest BCUT2D eigenvalue weighted by Crippen LogP contribution is -2.28. The van der Waals surface area contributed by atoms with Gasteiger partial charge in [-0.15, -0.1) is 0 Å². The van der Waals surface area contributed by atoms with Gasteiger partial charge in [-0.1, -0.05) is 58.4 Å². The molecule has 0 saturated heterocycles. The van der Waals surface area contributed by atoms with Gasteiger partial charge in [-0.25, -0.2) is 4.79 Å². The van der Waals surface area contributed by atoms with Gasteiger partial charge in [-0.3, -0.25) is 14.2 Å². The highest BCUT2D eigenvalue weighted by Gasteiger charge is 2.24. The molecular weight excluding hydrogens is 472 g/mol. The van der Waals surface area contributed by atoms with Crippen molar-refractivity contribution < 1.29 is 14.3 Å². The predicted octanol–water partition coefficient (Wildman–Crippen LogP) is 4.36. The highest BCUT2D eigenvalue weighted by Crippen LogP contribution is 2.33. The molecule has 0 aliphatic carbocycles. The van der Waals surface area contributed by atoms with Crippen molar-refractivity contribution in [1.82, 2.24) is 4.57 Å². The smallest absolute Gasteiger partial charge is 0.355 e. The van der Waals surface area contributed by atoms with Crippen molar-refractivity contribution in [2.75, 3.05) is 7.11 Å². The van der Waals surface area contributed by atoms with E-state index in [1.54, 1.807) is 36.4 Å². The van der Waals surface area contributed by atoms with E-state index >= 15 is 0 Å². The number of fused-ring (bicyclic) bond motifs is 1. The molecule has 4 aromatic rings. The molecule has 6 nitrogen and oxygen atoms in total. The first-order chi connectivity index (χ1) is 15.4. The minimum absolute atomic E-state index is 0.119. The van der Waals surface area contributed by atoms with Crippen molar-refractivity contribution in [3.8, 4) is 11.1 Å². The quantitative estimate of drug-likeness (QED) is 0.420. The second kappa shape index (κ2) is 8.80. The number of benzene rings is 3. The van der Waals surface area contributed by atoms with Crippen LogP contribution in [0.1, 0.15) is 26.4 Å². The van der Waals surface area contributed by atoms with Crippen molar-refractivity contribution in [2.45, 2.75) is 6.54 Å². The standard InChI is InChI=1S/C25H19BrN2O4/c1-32-25(31)22-21(16-5-3-2-4-6-16)20-13-18(26)11-12-19(20)24(30)28(22)14-15-7-9-17(10-8-15)23(27)29/h2-13H,14H2,1H3,(H2,27,29). The minimum atomic E-state index is -0.614. The van der Waals surface area contributed by atoms with Crippen molar-refractivity contribution in [1.29, 1.82) is 0 Å². The lowest BCUT2D eigenvalue weighted by atomic mass is 9.96. The summed E-state index contributed by atoms with van der Waals surface area (Å²) in [5.74, 6) is -1.15. The number of aromatic nitrogens is 1. The third kappa shape index (κ3) is 3.94. The SMILES string of the molecule is COC(=O)c1c(-c2ccccc2)c2cc(Br)ccc2c(=O)n1Cc1ccc(C(N)=O)cc1. The second-order valence-electron chi connectivity index (χ2n) is 7.22. The zero-order valence-electron chi connectivity index (χ0n) is 17.2. The van der Waals surface area contributed by atoms with Gasteiger partial charge in [0.2, 0.25) is 5.91 Å². The third-order valence-electron chi connectivity index (χ3n) is 5.25. The Bertz CT molecular complexity index is 1390. The monoisotopic (exact) mass is 490 g/mol. The molecule has 2 N–H and O–H groups in total. The zero-order valence-corrected chi connectivity index (χ0v) is 18.8. The van der Waals surface area contributed by atoms with Crippen LogP contribution in [0.15, 0.2) is 82.1 Å². The molecule has 0 bridgehead atoms. The summed E-state index contributed by atoms with van der Waals surface area (Å²) in [7, 11) is 1.29. The van der Waals surface area contributed by atoms with Gasteiger partial charge in [0.25, 0.3) is 5.56 Å². The summed E-state index contributed by atoms with van der Waals surface area (Å²) in [5, 5.41) is 1.13. The van der Waals surface area contributed by atoms with Crippen LogP contribution in [0.5, 0.6) is 0 Å². The number of nitrogens with zero attached hydrogens (tertiary/aromatic N) is 1. The summed E-state index contributed by atoms with van der Waals surface area (Å²) in [6, 6.07) is 21.4. The van der Waals surface area contributed by atoms with Crippen LogP contribution >= 0.6 is 15.9 Å². The second-order valence-corrected chi connectivity index (χ2v) is 8.14. The van der Waals surface area contributed by atoms with Crippen LogP contribution in [0.4, 0.5) is 0 Å². The van der Waals surface area contributed by atoms with Crippen LogP contribution in [0, 0.1) is 0 Å². The van der Waals surface area contributed by atoms with E-state index in [4.69, 9.17) is 10.5 Å². The number of halogens is 1.